The Hall–Kier alpha value is -4.19. The first-order chi connectivity index (χ1) is 16.5. The molecule has 3 aromatic carbocycles. The highest BCUT2D eigenvalue weighted by Crippen LogP contribution is 2.29. The van der Waals surface area contributed by atoms with Crippen LogP contribution in [0.25, 0.3) is 22.8 Å². The van der Waals surface area contributed by atoms with Crippen molar-refractivity contribution >= 4 is 17.5 Å². The highest BCUT2D eigenvalue weighted by atomic mass is 16.4. The average Bonchev–Trinajstić information content (AvgIpc) is 3.36. The van der Waals surface area contributed by atoms with Crippen LogP contribution >= 0.6 is 0 Å². The molecule has 4 rings (SSSR count). The third-order valence-electron chi connectivity index (χ3n) is 5.68. The van der Waals surface area contributed by atoms with Crippen LogP contribution in [0.2, 0.25) is 0 Å². The van der Waals surface area contributed by atoms with E-state index in [1.165, 1.54) is 0 Å². The molecular formula is C28H27N3O3. The number of oxazole rings is 1. The standard InChI is InChI=1S/C28H27N3O3/c1-4-31(5-2)28(33)21-14-16-22(17-15-21)30-26(32)23-8-6-7-9-24(23)27-29-18-25(34-27)20-12-10-19(3)11-13-20/h6-18H,4-5H2,1-3H3,(H,30,32). The second kappa shape index (κ2) is 10.2. The van der Waals surface area contributed by atoms with E-state index in [-0.39, 0.29) is 11.8 Å². The topological polar surface area (TPSA) is 75.4 Å². The van der Waals surface area contributed by atoms with Crippen molar-refractivity contribution in [1.82, 2.24) is 9.88 Å². The van der Waals surface area contributed by atoms with Gasteiger partial charge in [-0.3, -0.25) is 9.59 Å². The van der Waals surface area contributed by atoms with Crippen LogP contribution in [0.3, 0.4) is 0 Å². The van der Waals surface area contributed by atoms with Crippen molar-refractivity contribution in [3.05, 3.63) is 95.7 Å². The maximum Gasteiger partial charge on any atom is 0.256 e. The SMILES string of the molecule is CCN(CC)C(=O)c1ccc(NC(=O)c2ccccc2-c2ncc(-c3ccc(C)cc3)o2)cc1. The van der Waals surface area contributed by atoms with Crippen LogP contribution in [-0.4, -0.2) is 34.8 Å². The van der Waals surface area contributed by atoms with E-state index in [2.05, 4.69) is 10.3 Å². The van der Waals surface area contributed by atoms with Crippen LogP contribution in [0.1, 0.15) is 40.1 Å². The van der Waals surface area contributed by atoms with Gasteiger partial charge in [0.2, 0.25) is 5.89 Å². The zero-order valence-electron chi connectivity index (χ0n) is 19.5. The third-order valence-corrected chi connectivity index (χ3v) is 5.68. The van der Waals surface area contributed by atoms with Crippen LogP contribution in [0, 0.1) is 6.92 Å². The Morgan fingerprint density at radius 3 is 2.26 bits per heavy atom. The second-order valence-corrected chi connectivity index (χ2v) is 7.95. The fourth-order valence-electron chi connectivity index (χ4n) is 3.71. The Kier molecular flexibility index (Phi) is 6.87. The van der Waals surface area contributed by atoms with Crippen molar-refractivity contribution in [2.75, 3.05) is 18.4 Å². The van der Waals surface area contributed by atoms with Crippen molar-refractivity contribution in [1.29, 1.82) is 0 Å². The van der Waals surface area contributed by atoms with E-state index in [1.54, 1.807) is 47.5 Å². The van der Waals surface area contributed by atoms with Crippen LogP contribution in [0.4, 0.5) is 5.69 Å². The van der Waals surface area contributed by atoms with Crippen molar-refractivity contribution in [3.8, 4) is 22.8 Å². The minimum absolute atomic E-state index is 0.0264. The Balaban J connectivity index is 1.54. The number of nitrogens with zero attached hydrogens (tertiary/aromatic N) is 2. The zero-order chi connectivity index (χ0) is 24.1. The predicted octanol–water partition coefficient (Wildman–Crippen LogP) is 6.05. The molecule has 0 saturated carbocycles. The monoisotopic (exact) mass is 453 g/mol. The van der Waals surface area contributed by atoms with Gasteiger partial charge in [-0.1, -0.05) is 42.0 Å². The van der Waals surface area contributed by atoms with Gasteiger partial charge in [-0.05, 0) is 57.2 Å². The zero-order valence-corrected chi connectivity index (χ0v) is 19.5. The van der Waals surface area contributed by atoms with Gasteiger partial charge >= 0.3 is 0 Å². The molecule has 2 amide bonds. The van der Waals surface area contributed by atoms with Crippen molar-refractivity contribution in [2.24, 2.45) is 0 Å². The lowest BCUT2D eigenvalue weighted by atomic mass is 10.1. The minimum atomic E-state index is -0.284. The minimum Gasteiger partial charge on any atom is -0.436 e. The van der Waals surface area contributed by atoms with Gasteiger partial charge in [-0.25, -0.2) is 4.98 Å². The smallest absolute Gasteiger partial charge is 0.256 e. The largest absolute Gasteiger partial charge is 0.436 e. The first kappa shape index (κ1) is 23.0. The van der Waals surface area contributed by atoms with Crippen LogP contribution in [0.5, 0.6) is 0 Å². The Morgan fingerprint density at radius 2 is 1.59 bits per heavy atom. The first-order valence-electron chi connectivity index (χ1n) is 11.3. The van der Waals surface area contributed by atoms with Gasteiger partial charge in [0.05, 0.1) is 11.8 Å². The third kappa shape index (κ3) is 4.91. The van der Waals surface area contributed by atoms with Gasteiger partial charge in [0.1, 0.15) is 0 Å². The molecule has 0 unspecified atom stereocenters. The molecule has 0 saturated heterocycles. The Labute approximate surface area is 199 Å². The summed E-state index contributed by atoms with van der Waals surface area (Å²) in [6.45, 7) is 7.23. The van der Waals surface area contributed by atoms with Gasteiger partial charge in [0.25, 0.3) is 11.8 Å². The molecule has 4 aromatic rings. The summed E-state index contributed by atoms with van der Waals surface area (Å²) in [6, 6.07) is 22.1. The van der Waals surface area contributed by atoms with Gasteiger partial charge < -0.3 is 14.6 Å². The fourth-order valence-corrected chi connectivity index (χ4v) is 3.71. The van der Waals surface area contributed by atoms with Gasteiger partial charge in [0, 0.05) is 35.5 Å². The quantitative estimate of drug-likeness (QED) is 0.369. The molecule has 6 heteroatoms. The van der Waals surface area contributed by atoms with Gasteiger partial charge in [0.15, 0.2) is 5.76 Å². The number of nitrogens with one attached hydrogen (secondary N) is 1. The summed E-state index contributed by atoms with van der Waals surface area (Å²) in [5.41, 5.74) is 4.32. The van der Waals surface area contributed by atoms with Gasteiger partial charge in [-0.15, -0.1) is 0 Å². The number of hydrogen-bond acceptors (Lipinski definition) is 4. The Bertz CT molecular complexity index is 1290. The lowest BCUT2D eigenvalue weighted by Crippen LogP contribution is -2.30. The lowest BCUT2D eigenvalue weighted by Gasteiger charge is -2.18. The van der Waals surface area contributed by atoms with Crippen molar-refractivity contribution < 1.29 is 14.0 Å². The van der Waals surface area contributed by atoms with E-state index in [9.17, 15) is 9.59 Å². The van der Waals surface area contributed by atoms with Crippen molar-refractivity contribution in [3.63, 3.8) is 0 Å². The molecule has 0 bridgehead atoms. The number of carbonyl (C=O) groups is 2. The van der Waals surface area contributed by atoms with E-state index in [0.29, 0.717) is 47.1 Å². The van der Waals surface area contributed by atoms with E-state index < -0.39 is 0 Å². The number of amides is 2. The average molecular weight is 454 g/mol. The molecule has 1 N–H and O–H groups in total. The van der Waals surface area contributed by atoms with E-state index >= 15 is 0 Å². The molecule has 0 fully saturated rings. The predicted molar refractivity (Wildman–Crippen MR) is 134 cm³/mol. The second-order valence-electron chi connectivity index (χ2n) is 7.95. The summed E-state index contributed by atoms with van der Waals surface area (Å²) in [7, 11) is 0. The molecule has 0 aliphatic rings. The maximum absolute atomic E-state index is 13.1. The van der Waals surface area contributed by atoms with E-state index in [0.717, 1.165) is 11.1 Å². The highest BCUT2D eigenvalue weighted by Gasteiger charge is 2.18. The summed E-state index contributed by atoms with van der Waals surface area (Å²) in [5.74, 6) is 0.704. The lowest BCUT2D eigenvalue weighted by molar-refractivity contribution is 0.0773. The number of hydrogen-bond donors (Lipinski definition) is 1. The Morgan fingerprint density at radius 1 is 0.912 bits per heavy atom. The van der Waals surface area contributed by atoms with Crippen LogP contribution < -0.4 is 5.32 Å². The summed E-state index contributed by atoms with van der Waals surface area (Å²) in [4.78, 5) is 31.8. The number of carbonyl (C=O) groups excluding carboxylic acids is 2. The normalized spacial score (nSPS) is 10.7. The molecule has 0 aliphatic heterocycles. The number of benzene rings is 3. The molecule has 172 valence electrons. The maximum atomic E-state index is 13.1. The highest BCUT2D eigenvalue weighted by molar-refractivity contribution is 6.08. The molecular weight excluding hydrogens is 426 g/mol. The first-order valence-corrected chi connectivity index (χ1v) is 11.3. The van der Waals surface area contributed by atoms with Crippen LogP contribution in [0.15, 0.2) is 83.4 Å². The molecule has 0 spiro atoms. The number of aryl methyl sites for hydroxylation is 1. The number of anilines is 1. The molecule has 0 aliphatic carbocycles. The summed E-state index contributed by atoms with van der Waals surface area (Å²) >= 11 is 0. The van der Waals surface area contributed by atoms with Crippen molar-refractivity contribution in [2.45, 2.75) is 20.8 Å². The van der Waals surface area contributed by atoms with Gasteiger partial charge in [-0.2, -0.15) is 0 Å². The number of rotatable bonds is 7. The van der Waals surface area contributed by atoms with Crippen LogP contribution in [-0.2, 0) is 0 Å². The molecule has 6 nitrogen and oxygen atoms in total. The number of aromatic nitrogens is 1. The van der Waals surface area contributed by atoms with E-state index in [1.807, 2.05) is 57.2 Å². The summed E-state index contributed by atoms with van der Waals surface area (Å²) in [6.07, 6.45) is 1.67. The molecule has 1 aromatic heterocycles. The molecule has 1 heterocycles. The fraction of sp³-hybridized carbons (Fsp3) is 0.179. The van der Waals surface area contributed by atoms with E-state index in [4.69, 9.17) is 4.42 Å². The summed E-state index contributed by atoms with van der Waals surface area (Å²) < 4.78 is 5.99. The molecule has 34 heavy (non-hydrogen) atoms. The summed E-state index contributed by atoms with van der Waals surface area (Å²) in [5, 5.41) is 2.90. The molecule has 0 atom stereocenters. The molecule has 0 radical (unpaired) electrons.